The zero-order valence-corrected chi connectivity index (χ0v) is 22.3. The molecule has 6 heteroatoms. The molecule has 0 spiro atoms. The van der Waals surface area contributed by atoms with Crippen molar-refractivity contribution in [2.45, 2.75) is 17.6 Å². The lowest BCUT2D eigenvalue weighted by molar-refractivity contribution is 0.579. The maximum absolute atomic E-state index is 13.8. The normalized spacial score (nSPS) is 12.9. The van der Waals surface area contributed by atoms with Crippen LogP contribution in [-0.4, -0.2) is 8.42 Å². The van der Waals surface area contributed by atoms with Crippen molar-refractivity contribution in [2.75, 3.05) is 0 Å². The minimum absolute atomic E-state index is 0.224. The van der Waals surface area contributed by atoms with E-state index >= 15 is 0 Å². The van der Waals surface area contributed by atoms with Crippen molar-refractivity contribution in [1.82, 2.24) is 4.72 Å². The second-order valence-corrected chi connectivity index (χ2v) is 15.1. The summed E-state index contributed by atoms with van der Waals surface area (Å²) in [6.45, 7) is 1.94. The summed E-state index contributed by atoms with van der Waals surface area (Å²) in [7, 11) is -3.87. The molecular formula is C30H26NO2PS2. The highest BCUT2D eigenvalue weighted by Gasteiger charge is 2.36. The molecule has 0 aliphatic rings. The molecule has 0 aliphatic carbocycles. The number of benzene rings is 5. The van der Waals surface area contributed by atoms with Gasteiger partial charge in [0.1, 0.15) is 0 Å². The number of aryl methyl sites for hydroxylation is 1. The Kier molecular flexibility index (Phi) is 6.92. The van der Waals surface area contributed by atoms with E-state index in [4.69, 9.17) is 11.8 Å². The molecule has 0 unspecified atom stereocenters. The van der Waals surface area contributed by atoms with Gasteiger partial charge in [0.2, 0.25) is 10.0 Å². The van der Waals surface area contributed by atoms with Crippen LogP contribution in [0.25, 0.3) is 10.8 Å². The van der Waals surface area contributed by atoms with Crippen LogP contribution in [0.2, 0.25) is 0 Å². The summed E-state index contributed by atoms with van der Waals surface area (Å²) < 4.78 is 30.6. The fourth-order valence-corrected chi connectivity index (χ4v) is 10.7. The van der Waals surface area contributed by atoms with E-state index in [-0.39, 0.29) is 4.90 Å². The topological polar surface area (TPSA) is 46.2 Å². The van der Waals surface area contributed by atoms with E-state index in [1.807, 2.05) is 110 Å². The first-order valence-electron chi connectivity index (χ1n) is 11.7. The van der Waals surface area contributed by atoms with Crippen molar-refractivity contribution in [3.8, 4) is 0 Å². The molecule has 0 heterocycles. The standard InChI is InChI=1S/C30H26NO2PS2/c1-23-16-20-29(21-17-23)36(32,33)31-30(26-19-18-24-10-8-9-11-25(24)22-26)34(35,27-12-4-2-5-13-27)28-14-6-3-7-15-28/h2-22,30-31H,1H3/t30-/m0/s1. The van der Waals surface area contributed by atoms with Crippen molar-refractivity contribution >= 4 is 49.2 Å². The Bertz CT molecular complexity index is 1610. The zero-order valence-electron chi connectivity index (χ0n) is 19.8. The minimum Gasteiger partial charge on any atom is -0.207 e. The summed E-state index contributed by atoms with van der Waals surface area (Å²) in [5, 5.41) is 4.04. The van der Waals surface area contributed by atoms with E-state index in [0.717, 1.165) is 32.5 Å². The molecule has 0 fully saturated rings. The fourth-order valence-electron chi connectivity index (χ4n) is 4.41. The van der Waals surface area contributed by atoms with Crippen LogP contribution in [-0.2, 0) is 21.8 Å². The van der Waals surface area contributed by atoms with Gasteiger partial charge in [-0.1, -0.05) is 127 Å². The van der Waals surface area contributed by atoms with Crippen LogP contribution in [0.15, 0.2) is 132 Å². The van der Waals surface area contributed by atoms with Crippen LogP contribution >= 0.6 is 6.04 Å². The lowest BCUT2D eigenvalue weighted by Crippen LogP contribution is -2.34. The number of nitrogens with one attached hydrogen (secondary N) is 1. The van der Waals surface area contributed by atoms with Crippen LogP contribution in [0.1, 0.15) is 16.9 Å². The quantitative estimate of drug-likeness (QED) is 0.254. The first-order valence-corrected chi connectivity index (χ1v) is 16.0. The molecule has 1 atom stereocenters. The molecule has 0 radical (unpaired) electrons. The monoisotopic (exact) mass is 527 g/mol. The predicted molar refractivity (Wildman–Crippen MR) is 155 cm³/mol. The maximum atomic E-state index is 13.8. The summed E-state index contributed by atoms with van der Waals surface area (Å²) in [4.78, 5) is 0.224. The van der Waals surface area contributed by atoms with Gasteiger partial charge in [-0.05, 0) is 52.1 Å². The third kappa shape index (κ3) is 4.80. The number of rotatable bonds is 7. The van der Waals surface area contributed by atoms with Gasteiger partial charge < -0.3 is 0 Å². The third-order valence-corrected chi connectivity index (χ3v) is 13.1. The average molecular weight is 528 g/mol. The molecule has 0 aromatic heterocycles. The number of hydrogen-bond donors (Lipinski definition) is 1. The maximum Gasteiger partial charge on any atom is 0.241 e. The van der Waals surface area contributed by atoms with Gasteiger partial charge in [-0.25, -0.2) is 8.42 Å². The highest BCUT2D eigenvalue weighted by Crippen LogP contribution is 2.56. The zero-order chi connectivity index (χ0) is 25.2. The van der Waals surface area contributed by atoms with Gasteiger partial charge in [0, 0.05) is 6.04 Å². The molecule has 3 nitrogen and oxygen atoms in total. The SMILES string of the molecule is Cc1ccc(S(=O)(=O)N[C@H](c2ccc3ccccc3c2)P(=S)(c2ccccc2)c2ccccc2)cc1. The predicted octanol–water partition coefficient (Wildman–Crippen LogP) is 6.26. The molecule has 0 saturated heterocycles. The molecule has 1 N–H and O–H groups in total. The smallest absolute Gasteiger partial charge is 0.207 e. The largest absolute Gasteiger partial charge is 0.241 e. The van der Waals surface area contributed by atoms with Gasteiger partial charge in [-0.2, -0.15) is 4.72 Å². The van der Waals surface area contributed by atoms with E-state index in [0.29, 0.717) is 0 Å². The first-order chi connectivity index (χ1) is 17.4. The molecule has 0 aliphatic heterocycles. The Labute approximate surface area is 217 Å². The summed E-state index contributed by atoms with van der Waals surface area (Å²) in [6, 6.07) is 38.2. The second-order valence-electron chi connectivity index (χ2n) is 8.77. The van der Waals surface area contributed by atoms with Crippen molar-refractivity contribution in [1.29, 1.82) is 0 Å². The number of fused-ring (bicyclic) bond motifs is 1. The summed E-state index contributed by atoms with van der Waals surface area (Å²) in [5.41, 5.74) is 1.85. The molecule has 0 bridgehead atoms. The van der Waals surface area contributed by atoms with Crippen LogP contribution in [0.5, 0.6) is 0 Å². The van der Waals surface area contributed by atoms with E-state index in [1.165, 1.54) is 0 Å². The highest BCUT2D eigenvalue weighted by molar-refractivity contribution is 8.22. The molecule has 5 rings (SSSR count). The van der Waals surface area contributed by atoms with Crippen LogP contribution in [0.4, 0.5) is 0 Å². The van der Waals surface area contributed by atoms with E-state index in [9.17, 15) is 8.42 Å². The van der Waals surface area contributed by atoms with Gasteiger partial charge in [-0.15, -0.1) is 0 Å². The van der Waals surface area contributed by atoms with E-state index < -0.39 is 21.8 Å². The summed E-state index contributed by atoms with van der Waals surface area (Å²) >= 11 is 6.58. The molecule has 0 amide bonds. The van der Waals surface area contributed by atoms with Crippen molar-refractivity contribution in [3.63, 3.8) is 0 Å². The van der Waals surface area contributed by atoms with E-state index in [2.05, 4.69) is 16.9 Å². The van der Waals surface area contributed by atoms with Gasteiger partial charge in [-0.3, -0.25) is 0 Å². The first kappa shape index (κ1) is 24.6. The van der Waals surface area contributed by atoms with Gasteiger partial charge in [0.25, 0.3) is 0 Å². The Morgan fingerprint density at radius 1 is 0.667 bits per heavy atom. The van der Waals surface area contributed by atoms with Gasteiger partial charge in [0.15, 0.2) is 0 Å². The number of sulfonamides is 1. The Balaban J connectivity index is 1.75. The molecular weight excluding hydrogens is 501 g/mol. The van der Waals surface area contributed by atoms with Crippen LogP contribution in [0, 0.1) is 6.92 Å². The van der Waals surface area contributed by atoms with Crippen LogP contribution < -0.4 is 15.3 Å². The molecule has 180 valence electrons. The molecule has 0 saturated carbocycles. The van der Waals surface area contributed by atoms with Crippen LogP contribution in [0.3, 0.4) is 0 Å². The van der Waals surface area contributed by atoms with Crippen molar-refractivity contribution in [2.24, 2.45) is 0 Å². The number of hydrogen-bond acceptors (Lipinski definition) is 3. The van der Waals surface area contributed by atoms with E-state index in [1.54, 1.807) is 12.1 Å². The Hall–Kier alpha value is -3.08. The molecule has 36 heavy (non-hydrogen) atoms. The fraction of sp³-hybridized carbons (Fsp3) is 0.0667. The Morgan fingerprint density at radius 3 is 1.78 bits per heavy atom. The van der Waals surface area contributed by atoms with Crippen molar-refractivity contribution < 1.29 is 8.42 Å². The molecule has 5 aromatic rings. The average Bonchev–Trinajstić information content (AvgIpc) is 2.92. The lowest BCUT2D eigenvalue weighted by Gasteiger charge is -2.33. The molecule has 5 aromatic carbocycles. The van der Waals surface area contributed by atoms with Gasteiger partial charge in [0.05, 0.1) is 10.7 Å². The summed E-state index contributed by atoms with van der Waals surface area (Å²) in [6.07, 6.45) is 0. The minimum atomic E-state index is -3.87. The Morgan fingerprint density at radius 2 is 1.19 bits per heavy atom. The highest BCUT2D eigenvalue weighted by atomic mass is 32.4. The summed E-state index contributed by atoms with van der Waals surface area (Å²) in [5.74, 6) is -0.645. The second kappa shape index (κ2) is 10.1. The van der Waals surface area contributed by atoms with Crippen molar-refractivity contribution in [3.05, 3.63) is 139 Å². The van der Waals surface area contributed by atoms with Gasteiger partial charge >= 0.3 is 0 Å². The third-order valence-electron chi connectivity index (χ3n) is 6.33. The lowest BCUT2D eigenvalue weighted by atomic mass is 10.1.